The third kappa shape index (κ3) is 1.91. The predicted molar refractivity (Wildman–Crippen MR) is 66.1 cm³/mol. The van der Waals surface area contributed by atoms with Crippen molar-refractivity contribution in [2.24, 2.45) is 11.3 Å². The lowest BCUT2D eigenvalue weighted by molar-refractivity contribution is -0.0467. The van der Waals surface area contributed by atoms with Gasteiger partial charge in [-0.3, -0.25) is 0 Å². The van der Waals surface area contributed by atoms with Gasteiger partial charge in [0.2, 0.25) is 0 Å². The van der Waals surface area contributed by atoms with Gasteiger partial charge in [-0.15, -0.1) is 0 Å². The van der Waals surface area contributed by atoms with Gasteiger partial charge in [-0.2, -0.15) is 0 Å². The van der Waals surface area contributed by atoms with E-state index in [1.54, 1.807) is 6.42 Å². The first-order valence-electron chi connectivity index (χ1n) is 6.84. The summed E-state index contributed by atoms with van der Waals surface area (Å²) in [5, 5.41) is 0.373. The molecule has 0 amide bonds. The first-order valence-corrected chi connectivity index (χ1v) is 7.84. The van der Waals surface area contributed by atoms with E-state index in [4.69, 9.17) is 4.74 Å². The second-order valence-corrected chi connectivity index (χ2v) is 8.40. The number of fused-ring (bicyclic) bond motifs is 2. The van der Waals surface area contributed by atoms with Crippen LogP contribution >= 0.6 is 0 Å². The maximum absolute atomic E-state index is 6.13. The Hall–Kier alpha value is 0.177. The van der Waals surface area contributed by atoms with E-state index in [9.17, 15) is 0 Å². The lowest BCUT2D eigenvalue weighted by atomic mass is 9.78. The highest BCUT2D eigenvalue weighted by Crippen LogP contribution is 2.58. The van der Waals surface area contributed by atoms with Crippen LogP contribution in [0.2, 0.25) is 0 Å². The Morgan fingerprint density at radius 1 is 1.13 bits per heavy atom. The molecule has 3 aliphatic rings. The molecule has 1 atom stereocenters. The minimum Gasteiger partial charge on any atom is -0.380 e. The van der Waals surface area contributed by atoms with Crippen molar-refractivity contribution in [2.45, 2.75) is 63.0 Å². The standard InChI is InChI=1S/C13H24OSi/c15-13(5-1-2-8-14-13)10-12-6-3-11(9-12)4-7-12/h11H,1-10H2,15H3. The van der Waals surface area contributed by atoms with Crippen LogP contribution in [0.15, 0.2) is 0 Å². The Bertz CT molecular complexity index is 237. The Morgan fingerprint density at radius 3 is 2.47 bits per heavy atom. The van der Waals surface area contributed by atoms with Gasteiger partial charge in [-0.25, -0.2) is 0 Å². The van der Waals surface area contributed by atoms with Gasteiger partial charge in [0.15, 0.2) is 0 Å². The van der Waals surface area contributed by atoms with Crippen LogP contribution in [0.25, 0.3) is 0 Å². The maximum Gasteiger partial charge on any atom is 0.0491 e. The predicted octanol–water partition coefficient (Wildman–Crippen LogP) is 2.22. The van der Waals surface area contributed by atoms with Crippen LogP contribution in [0.1, 0.15) is 57.8 Å². The van der Waals surface area contributed by atoms with Crippen molar-refractivity contribution < 1.29 is 4.74 Å². The molecule has 15 heavy (non-hydrogen) atoms. The molecule has 2 aliphatic carbocycles. The molecule has 0 aromatic heterocycles. The molecular formula is C13H24OSi. The summed E-state index contributed by atoms with van der Waals surface area (Å²) in [6.07, 6.45) is 13.1. The van der Waals surface area contributed by atoms with Crippen molar-refractivity contribution in [3.8, 4) is 0 Å². The van der Waals surface area contributed by atoms with Crippen molar-refractivity contribution in [3.05, 3.63) is 0 Å². The van der Waals surface area contributed by atoms with Crippen LogP contribution in [0, 0.1) is 11.3 Å². The molecule has 3 rings (SSSR count). The first-order chi connectivity index (χ1) is 7.20. The molecule has 86 valence electrons. The monoisotopic (exact) mass is 224 g/mol. The normalized spacial score (nSPS) is 50.0. The molecule has 2 heteroatoms. The van der Waals surface area contributed by atoms with E-state index in [0.717, 1.165) is 17.9 Å². The zero-order valence-electron chi connectivity index (χ0n) is 10.1. The summed E-state index contributed by atoms with van der Waals surface area (Å²) in [6, 6.07) is 0. The van der Waals surface area contributed by atoms with E-state index in [1.807, 2.05) is 0 Å². The first kappa shape index (κ1) is 10.3. The highest BCUT2D eigenvalue weighted by atomic mass is 28.1. The van der Waals surface area contributed by atoms with Crippen LogP contribution in [-0.4, -0.2) is 22.1 Å². The Morgan fingerprint density at radius 2 is 1.93 bits per heavy atom. The molecule has 0 N–H and O–H groups in total. The van der Waals surface area contributed by atoms with Crippen LogP contribution in [-0.2, 0) is 4.74 Å². The summed E-state index contributed by atoms with van der Waals surface area (Å²) in [6.45, 7) is 1.04. The summed E-state index contributed by atoms with van der Waals surface area (Å²) in [5.41, 5.74) is 0.740. The lowest BCUT2D eigenvalue weighted by Gasteiger charge is -2.41. The Labute approximate surface area is 96.4 Å². The molecule has 1 aliphatic heterocycles. The third-order valence-corrected chi connectivity index (χ3v) is 6.33. The lowest BCUT2D eigenvalue weighted by Crippen LogP contribution is -2.41. The van der Waals surface area contributed by atoms with E-state index in [0.29, 0.717) is 5.22 Å². The van der Waals surface area contributed by atoms with Gasteiger partial charge in [-0.1, -0.05) is 0 Å². The molecule has 0 spiro atoms. The fourth-order valence-electron chi connectivity index (χ4n) is 4.48. The number of ether oxygens (including phenoxy) is 1. The molecule has 3 fully saturated rings. The van der Waals surface area contributed by atoms with Gasteiger partial charge >= 0.3 is 0 Å². The van der Waals surface area contributed by atoms with E-state index in [2.05, 4.69) is 0 Å². The smallest absolute Gasteiger partial charge is 0.0491 e. The number of hydrogen-bond donors (Lipinski definition) is 0. The summed E-state index contributed by atoms with van der Waals surface area (Å²) in [4.78, 5) is 0. The minimum atomic E-state index is 0.373. The topological polar surface area (TPSA) is 9.23 Å². The van der Waals surface area contributed by atoms with E-state index >= 15 is 0 Å². The Kier molecular flexibility index (Phi) is 2.48. The van der Waals surface area contributed by atoms with Gasteiger partial charge in [0, 0.05) is 22.1 Å². The van der Waals surface area contributed by atoms with Gasteiger partial charge in [0.25, 0.3) is 0 Å². The largest absolute Gasteiger partial charge is 0.380 e. The van der Waals surface area contributed by atoms with Crippen LogP contribution < -0.4 is 0 Å². The number of hydrogen-bond acceptors (Lipinski definition) is 1. The molecule has 0 aromatic rings. The summed E-state index contributed by atoms with van der Waals surface area (Å²) < 4.78 is 6.13. The van der Waals surface area contributed by atoms with Gasteiger partial charge < -0.3 is 4.74 Å². The minimum absolute atomic E-state index is 0.373. The Balaban J connectivity index is 1.68. The van der Waals surface area contributed by atoms with Gasteiger partial charge in [0.05, 0.1) is 0 Å². The summed E-state index contributed by atoms with van der Waals surface area (Å²) in [7, 11) is 1.25. The fraction of sp³-hybridized carbons (Fsp3) is 1.00. The van der Waals surface area contributed by atoms with Gasteiger partial charge in [0.1, 0.15) is 0 Å². The zero-order chi connectivity index (χ0) is 10.4. The van der Waals surface area contributed by atoms with E-state index < -0.39 is 0 Å². The number of rotatable bonds is 2. The molecular weight excluding hydrogens is 200 g/mol. The van der Waals surface area contributed by atoms with E-state index in [1.165, 1.54) is 61.6 Å². The molecule has 1 unspecified atom stereocenters. The second kappa shape index (κ2) is 3.59. The van der Waals surface area contributed by atoms with Crippen LogP contribution in [0.5, 0.6) is 0 Å². The van der Waals surface area contributed by atoms with Crippen molar-refractivity contribution in [1.82, 2.24) is 0 Å². The highest BCUT2D eigenvalue weighted by molar-refractivity contribution is 6.14. The SMILES string of the molecule is [SiH3]C1(CC23CCC(CC2)C3)CCCCO1. The van der Waals surface area contributed by atoms with Crippen molar-refractivity contribution >= 4 is 10.2 Å². The molecule has 1 heterocycles. The second-order valence-electron chi connectivity index (χ2n) is 6.58. The fourth-order valence-corrected chi connectivity index (χ4v) is 5.79. The molecule has 2 saturated carbocycles. The van der Waals surface area contributed by atoms with Crippen LogP contribution in [0.4, 0.5) is 0 Å². The zero-order valence-corrected chi connectivity index (χ0v) is 12.1. The third-order valence-electron chi connectivity index (χ3n) is 5.19. The quantitative estimate of drug-likeness (QED) is 0.654. The summed E-state index contributed by atoms with van der Waals surface area (Å²) in [5.74, 6) is 1.10. The molecule has 0 radical (unpaired) electrons. The summed E-state index contributed by atoms with van der Waals surface area (Å²) >= 11 is 0. The van der Waals surface area contributed by atoms with Crippen LogP contribution in [0.3, 0.4) is 0 Å². The highest BCUT2D eigenvalue weighted by Gasteiger charge is 2.48. The van der Waals surface area contributed by atoms with Crippen molar-refractivity contribution in [1.29, 1.82) is 0 Å². The van der Waals surface area contributed by atoms with Crippen molar-refractivity contribution in [2.75, 3.05) is 6.61 Å². The molecule has 1 saturated heterocycles. The molecule has 2 bridgehead atoms. The average molecular weight is 224 g/mol. The van der Waals surface area contributed by atoms with E-state index in [-0.39, 0.29) is 0 Å². The average Bonchev–Trinajstić information content (AvgIpc) is 2.77. The van der Waals surface area contributed by atoms with Crippen molar-refractivity contribution in [3.63, 3.8) is 0 Å². The maximum atomic E-state index is 6.13. The van der Waals surface area contributed by atoms with Gasteiger partial charge in [-0.05, 0) is 69.1 Å². The molecule has 0 aromatic carbocycles. The molecule has 1 nitrogen and oxygen atoms in total.